The number of nitrogens with one attached hydrogen (secondary N) is 2. The van der Waals surface area contributed by atoms with Crippen molar-refractivity contribution in [3.8, 4) is 17.0 Å². The molecule has 0 radical (unpaired) electrons. The van der Waals surface area contributed by atoms with E-state index in [2.05, 4.69) is 15.5 Å². The number of amides is 1. The number of aromatic nitrogens is 2. The topological polar surface area (TPSA) is 104 Å². The highest BCUT2D eigenvalue weighted by molar-refractivity contribution is 5.93. The number of carbonyl (C=O) groups is 2. The SMILES string of the molecule is COc1cccc(-c2cc(C(=O)NC(C)(C)CCC(=O)O)[nH]n2)c1. The zero-order valence-corrected chi connectivity index (χ0v) is 13.9. The van der Waals surface area contributed by atoms with Crippen molar-refractivity contribution < 1.29 is 19.4 Å². The van der Waals surface area contributed by atoms with E-state index in [0.29, 0.717) is 23.6 Å². The number of carboxylic acids is 1. The van der Waals surface area contributed by atoms with Crippen molar-refractivity contribution in [3.05, 3.63) is 36.0 Å². The zero-order valence-electron chi connectivity index (χ0n) is 13.9. The molecule has 1 heterocycles. The number of carboxylic acid groups (broad SMARTS) is 1. The number of ether oxygens (including phenoxy) is 1. The second kappa shape index (κ2) is 7.16. The molecule has 0 saturated heterocycles. The summed E-state index contributed by atoms with van der Waals surface area (Å²) in [5.74, 6) is -0.512. The minimum atomic E-state index is -0.890. The number of hydrogen-bond acceptors (Lipinski definition) is 4. The fourth-order valence-corrected chi connectivity index (χ4v) is 2.22. The number of benzene rings is 1. The van der Waals surface area contributed by atoms with Crippen molar-refractivity contribution in [1.82, 2.24) is 15.5 Å². The molecule has 128 valence electrons. The van der Waals surface area contributed by atoms with Crippen LogP contribution in [-0.2, 0) is 4.79 Å². The average Bonchev–Trinajstić information content (AvgIpc) is 3.03. The second-order valence-electron chi connectivity index (χ2n) is 6.13. The maximum absolute atomic E-state index is 12.3. The molecule has 0 unspecified atom stereocenters. The van der Waals surface area contributed by atoms with E-state index >= 15 is 0 Å². The number of aromatic amines is 1. The van der Waals surface area contributed by atoms with Crippen molar-refractivity contribution in [2.75, 3.05) is 7.11 Å². The highest BCUT2D eigenvalue weighted by Crippen LogP contribution is 2.23. The standard InChI is InChI=1S/C17H21N3O4/c1-17(2,8-7-15(21)22)18-16(23)14-10-13(19-20-14)11-5-4-6-12(9-11)24-3/h4-6,9-10H,7-8H2,1-3H3,(H,18,23)(H,19,20)(H,21,22). The monoisotopic (exact) mass is 331 g/mol. The summed E-state index contributed by atoms with van der Waals surface area (Å²) in [7, 11) is 1.59. The molecule has 0 saturated carbocycles. The molecule has 3 N–H and O–H groups in total. The Morgan fingerprint density at radius 3 is 2.75 bits per heavy atom. The molecule has 0 spiro atoms. The van der Waals surface area contributed by atoms with E-state index < -0.39 is 11.5 Å². The van der Waals surface area contributed by atoms with Crippen LogP contribution in [0.3, 0.4) is 0 Å². The van der Waals surface area contributed by atoms with E-state index in [4.69, 9.17) is 9.84 Å². The number of aliphatic carboxylic acids is 1. The third-order valence-corrected chi connectivity index (χ3v) is 3.60. The first-order valence-corrected chi connectivity index (χ1v) is 7.55. The summed E-state index contributed by atoms with van der Waals surface area (Å²) in [6, 6.07) is 9.02. The molecule has 0 fully saturated rings. The fraction of sp³-hybridized carbons (Fsp3) is 0.353. The maximum atomic E-state index is 12.3. The van der Waals surface area contributed by atoms with Crippen LogP contribution < -0.4 is 10.1 Å². The van der Waals surface area contributed by atoms with Crippen molar-refractivity contribution >= 4 is 11.9 Å². The van der Waals surface area contributed by atoms with Crippen LogP contribution in [0.4, 0.5) is 0 Å². The first kappa shape index (κ1) is 17.5. The largest absolute Gasteiger partial charge is 0.497 e. The number of methoxy groups -OCH3 is 1. The number of rotatable bonds is 7. The Labute approximate surface area is 140 Å². The number of nitrogens with zero attached hydrogens (tertiary/aromatic N) is 1. The van der Waals surface area contributed by atoms with E-state index in [-0.39, 0.29) is 12.3 Å². The van der Waals surface area contributed by atoms with Crippen LogP contribution in [0.15, 0.2) is 30.3 Å². The third kappa shape index (κ3) is 4.58. The van der Waals surface area contributed by atoms with Gasteiger partial charge in [0.05, 0.1) is 12.8 Å². The Morgan fingerprint density at radius 2 is 2.08 bits per heavy atom. The van der Waals surface area contributed by atoms with E-state index in [1.54, 1.807) is 27.0 Å². The lowest BCUT2D eigenvalue weighted by molar-refractivity contribution is -0.137. The lowest BCUT2D eigenvalue weighted by atomic mass is 9.98. The van der Waals surface area contributed by atoms with Crippen LogP contribution in [0.1, 0.15) is 37.2 Å². The summed E-state index contributed by atoms with van der Waals surface area (Å²) in [6.45, 7) is 3.57. The predicted molar refractivity (Wildman–Crippen MR) is 89.0 cm³/mol. The van der Waals surface area contributed by atoms with Crippen LogP contribution in [0.25, 0.3) is 11.3 Å². The first-order chi connectivity index (χ1) is 11.3. The van der Waals surface area contributed by atoms with Crippen LogP contribution in [0, 0.1) is 0 Å². The Balaban J connectivity index is 2.09. The van der Waals surface area contributed by atoms with Gasteiger partial charge >= 0.3 is 5.97 Å². The van der Waals surface area contributed by atoms with Gasteiger partial charge in [-0.2, -0.15) is 5.10 Å². The van der Waals surface area contributed by atoms with Crippen LogP contribution >= 0.6 is 0 Å². The quantitative estimate of drug-likeness (QED) is 0.723. The molecule has 7 heteroatoms. The van der Waals surface area contributed by atoms with E-state index in [1.165, 1.54) is 0 Å². The fourth-order valence-electron chi connectivity index (χ4n) is 2.22. The van der Waals surface area contributed by atoms with Crippen molar-refractivity contribution in [2.45, 2.75) is 32.2 Å². The molecular formula is C17H21N3O4. The molecule has 2 aromatic rings. The summed E-state index contributed by atoms with van der Waals surface area (Å²) < 4.78 is 5.18. The van der Waals surface area contributed by atoms with Crippen molar-refractivity contribution in [3.63, 3.8) is 0 Å². The van der Waals surface area contributed by atoms with Gasteiger partial charge in [0.2, 0.25) is 0 Å². The van der Waals surface area contributed by atoms with Gasteiger partial charge in [0.25, 0.3) is 5.91 Å². The molecular weight excluding hydrogens is 310 g/mol. The number of carbonyl (C=O) groups excluding carboxylic acids is 1. The van der Waals surface area contributed by atoms with Crippen molar-refractivity contribution in [1.29, 1.82) is 0 Å². The van der Waals surface area contributed by atoms with Gasteiger partial charge in [-0.15, -0.1) is 0 Å². The molecule has 1 amide bonds. The molecule has 7 nitrogen and oxygen atoms in total. The maximum Gasteiger partial charge on any atom is 0.303 e. The zero-order chi connectivity index (χ0) is 17.7. The van der Waals surface area contributed by atoms with E-state index in [0.717, 1.165) is 5.56 Å². The van der Waals surface area contributed by atoms with Crippen molar-refractivity contribution in [2.24, 2.45) is 0 Å². The summed E-state index contributed by atoms with van der Waals surface area (Å²) in [4.78, 5) is 23.0. The summed E-state index contributed by atoms with van der Waals surface area (Å²) in [6.07, 6.45) is 0.330. The summed E-state index contributed by atoms with van der Waals surface area (Å²) in [5, 5.41) is 18.4. The smallest absolute Gasteiger partial charge is 0.303 e. The first-order valence-electron chi connectivity index (χ1n) is 7.55. The van der Waals surface area contributed by atoms with Gasteiger partial charge in [-0.05, 0) is 38.5 Å². The molecule has 0 atom stereocenters. The number of hydrogen-bond donors (Lipinski definition) is 3. The van der Waals surface area contributed by atoms with Crippen LogP contribution in [0.2, 0.25) is 0 Å². The van der Waals surface area contributed by atoms with Gasteiger partial charge < -0.3 is 15.2 Å². The van der Waals surface area contributed by atoms with E-state index in [1.807, 2.05) is 24.3 Å². The van der Waals surface area contributed by atoms with Gasteiger partial charge in [0, 0.05) is 17.5 Å². The third-order valence-electron chi connectivity index (χ3n) is 3.60. The summed E-state index contributed by atoms with van der Waals surface area (Å²) in [5.41, 5.74) is 1.14. The summed E-state index contributed by atoms with van der Waals surface area (Å²) >= 11 is 0. The minimum Gasteiger partial charge on any atom is -0.497 e. The van der Waals surface area contributed by atoms with Crippen LogP contribution in [-0.4, -0.2) is 39.8 Å². The highest BCUT2D eigenvalue weighted by Gasteiger charge is 2.23. The molecule has 0 bridgehead atoms. The lowest BCUT2D eigenvalue weighted by Crippen LogP contribution is -2.43. The highest BCUT2D eigenvalue weighted by atomic mass is 16.5. The van der Waals surface area contributed by atoms with Gasteiger partial charge in [-0.3, -0.25) is 14.7 Å². The Hall–Kier alpha value is -2.83. The molecule has 0 aliphatic rings. The normalized spacial score (nSPS) is 11.1. The van der Waals surface area contributed by atoms with Gasteiger partial charge in [0.1, 0.15) is 11.4 Å². The molecule has 24 heavy (non-hydrogen) atoms. The van der Waals surface area contributed by atoms with Gasteiger partial charge in [-0.1, -0.05) is 12.1 Å². The minimum absolute atomic E-state index is 0.00861. The predicted octanol–water partition coefficient (Wildman–Crippen LogP) is 2.46. The second-order valence-corrected chi connectivity index (χ2v) is 6.13. The molecule has 1 aromatic heterocycles. The van der Waals surface area contributed by atoms with Crippen LogP contribution in [0.5, 0.6) is 5.75 Å². The Morgan fingerprint density at radius 1 is 1.33 bits per heavy atom. The molecule has 1 aromatic carbocycles. The van der Waals surface area contributed by atoms with Gasteiger partial charge in [0.15, 0.2) is 0 Å². The Bertz CT molecular complexity index is 737. The van der Waals surface area contributed by atoms with E-state index in [9.17, 15) is 9.59 Å². The Kier molecular flexibility index (Phi) is 5.23. The molecule has 0 aliphatic carbocycles. The lowest BCUT2D eigenvalue weighted by Gasteiger charge is -2.25. The molecule has 2 rings (SSSR count). The van der Waals surface area contributed by atoms with Gasteiger partial charge in [-0.25, -0.2) is 0 Å². The number of H-pyrrole nitrogens is 1. The average molecular weight is 331 g/mol. The molecule has 0 aliphatic heterocycles.